The molecule has 0 aliphatic heterocycles. The molecule has 1 aliphatic carbocycles. The van der Waals surface area contributed by atoms with Crippen LogP contribution in [-0.2, 0) is 33.9 Å². The fourth-order valence-corrected chi connectivity index (χ4v) is 5.61. The molecule has 0 aromatic carbocycles. The zero-order valence-corrected chi connectivity index (χ0v) is 24.9. The molecular formula is C29H37N5O8S. The van der Waals surface area contributed by atoms with E-state index in [2.05, 4.69) is 50.1 Å². The standard InChI is InChI=1S/C23H29N5OS.C6H8O7/c1-3-30-23-25-13-19(14-26-23)16-28(15-18-7-9-24-10-8-18)22-6-4-5-20(22)12-21-11-17(2)27-29-21;7-3(8)1-6(13,5(11)12)2-4(9)10/h7-11,13-14,20,22H,3-6,12,15-16H2,1-2H3;13H,1-2H2,(H,7,8)(H,9,10)(H,11,12)/t20-,22+;/m0./s1. The van der Waals surface area contributed by atoms with Crippen molar-refractivity contribution in [2.24, 2.45) is 5.92 Å². The van der Waals surface area contributed by atoms with Crippen molar-refractivity contribution in [2.45, 2.75) is 82.3 Å². The molecule has 2 atom stereocenters. The number of pyridine rings is 1. The summed E-state index contributed by atoms with van der Waals surface area (Å²) in [7, 11) is 0. The number of aryl methyl sites for hydroxylation is 1. The van der Waals surface area contributed by atoms with E-state index in [1.807, 2.05) is 31.7 Å². The van der Waals surface area contributed by atoms with Gasteiger partial charge in [-0.2, -0.15) is 0 Å². The van der Waals surface area contributed by atoms with E-state index in [-0.39, 0.29) is 0 Å². The number of hydrogen-bond acceptors (Lipinski definition) is 11. The van der Waals surface area contributed by atoms with E-state index in [0.29, 0.717) is 12.0 Å². The van der Waals surface area contributed by atoms with E-state index in [9.17, 15) is 14.4 Å². The summed E-state index contributed by atoms with van der Waals surface area (Å²) in [5.41, 5.74) is 0.656. The highest BCUT2D eigenvalue weighted by Gasteiger charge is 2.40. The van der Waals surface area contributed by atoms with Crippen LogP contribution in [0.1, 0.15) is 61.6 Å². The van der Waals surface area contributed by atoms with Gasteiger partial charge in [-0.25, -0.2) is 14.8 Å². The zero-order valence-electron chi connectivity index (χ0n) is 24.1. The van der Waals surface area contributed by atoms with Crippen molar-refractivity contribution in [1.29, 1.82) is 0 Å². The Hall–Kier alpha value is -3.88. The molecule has 13 nitrogen and oxygen atoms in total. The lowest BCUT2D eigenvalue weighted by atomic mass is 9.96. The normalized spacial score (nSPS) is 16.5. The summed E-state index contributed by atoms with van der Waals surface area (Å²) in [5, 5.41) is 38.7. The summed E-state index contributed by atoms with van der Waals surface area (Å²) in [4.78, 5) is 46.3. The largest absolute Gasteiger partial charge is 0.481 e. The molecule has 43 heavy (non-hydrogen) atoms. The molecule has 1 saturated carbocycles. The van der Waals surface area contributed by atoms with E-state index in [0.717, 1.165) is 47.4 Å². The zero-order chi connectivity index (χ0) is 31.4. The summed E-state index contributed by atoms with van der Waals surface area (Å²) in [6.45, 7) is 5.84. The average Bonchev–Trinajstić information content (AvgIpc) is 3.58. The van der Waals surface area contributed by atoms with Crippen molar-refractivity contribution in [2.75, 3.05) is 5.75 Å². The lowest BCUT2D eigenvalue weighted by molar-refractivity contribution is -0.170. The second-order valence-corrected chi connectivity index (χ2v) is 11.7. The predicted molar refractivity (Wildman–Crippen MR) is 155 cm³/mol. The van der Waals surface area contributed by atoms with Gasteiger partial charge in [-0.05, 0) is 49.1 Å². The van der Waals surface area contributed by atoms with Crippen LogP contribution in [0.5, 0.6) is 0 Å². The third-order valence-corrected chi connectivity index (χ3v) is 7.75. The Morgan fingerprint density at radius 1 is 1.02 bits per heavy atom. The molecule has 14 heteroatoms. The molecule has 4 rings (SSSR count). The number of aliphatic hydroxyl groups is 1. The Labute approximate surface area is 253 Å². The van der Waals surface area contributed by atoms with Crippen LogP contribution in [0.4, 0.5) is 0 Å². The van der Waals surface area contributed by atoms with Gasteiger partial charge in [0.1, 0.15) is 5.76 Å². The molecule has 3 aromatic rings. The Morgan fingerprint density at radius 3 is 2.19 bits per heavy atom. The second kappa shape index (κ2) is 16.1. The molecule has 0 amide bonds. The smallest absolute Gasteiger partial charge is 0.336 e. The average molecular weight is 616 g/mol. The van der Waals surface area contributed by atoms with Crippen LogP contribution in [0.3, 0.4) is 0 Å². The maximum Gasteiger partial charge on any atom is 0.336 e. The first-order valence-corrected chi connectivity index (χ1v) is 14.9. The molecule has 0 radical (unpaired) electrons. The summed E-state index contributed by atoms with van der Waals surface area (Å²) in [6, 6.07) is 6.77. The van der Waals surface area contributed by atoms with Crippen LogP contribution in [0.2, 0.25) is 0 Å². The van der Waals surface area contributed by atoms with Crippen LogP contribution in [-0.4, -0.2) is 80.7 Å². The Morgan fingerprint density at radius 2 is 1.65 bits per heavy atom. The predicted octanol–water partition coefficient (Wildman–Crippen LogP) is 3.45. The van der Waals surface area contributed by atoms with Crippen LogP contribution in [0.25, 0.3) is 0 Å². The number of carboxylic acid groups (broad SMARTS) is 3. The number of aromatic nitrogens is 4. The van der Waals surface area contributed by atoms with E-state index in [4.69, 9.17) is 24.9 Å². The molecule has 1 aliphatic rings. The summed E-state index contributed by atoms with van der Waals surface area (Å²) >= 11 is 1.68. The van der Waals surface area contributed by atoms with Gasteiger partial charge < -0.3 is 24.9 Å². The number of nitrogens with zero attached hydrogens (tertiary/aromatic N) is 5. The van der Waals surface area contributed by atoms with Gasteiger partial charge in [-0.1, -0.05) is 30.3 Å². The molecule has 4 N–H and O–H groups in total. The minimum Gasteiger partial charge on any atom is -0.481 e. The van der Waals surface area contributed by atoms with E-state index in [1.165, 1.54) is 24.8 Å². The Kier molecular flexibility index (Phi) is 12.6. The van der Waals surface area contributed by atoms with Gasteiger partial charge in [-0.15, -0.1) is 0 Å². The molecule has 0 unspecified atom stereocenters. The minimum atomic E-state index is -2.74. The SMILES string of the molecule is CCSc1ncc(CN(Cc2ccncc2)[C@@H]2CCC[C@H]2Cc2cc(C)no2)cn1.O=C(O)CC(O)(CC(=O)O)C(=O)O. The Balaban J connectivity index is 0.000000331. The van der Waals surface area contributed by atoms with Crippen molar-refractivity contribution in [3.63, 3.8) is 0 Å². The van der Waals surface area contributed by atoms with Crippen LogP contribution < -0.4 is 0 Å². The van der Waals surface area contributed by atoms with Crippen molar-refractivity contribution >= 4 is 29.7 Å². The molecule has 1 fully saturated rings. The fourth-order valence-electron chi connectivity index (χ4n) is 5.10. The number of rotatable bonds is 14. The number of hydrogen-bond donors (Lipinski definition) is 4. The first-order valence-electron chi connectivity index (χ1n) is 13.9. The molecule has 0 saturated heterocycles. The van der Waals surface area contributed by atoms with Crippen LogP contribution in [0, 0.1) is 12.8 Å². The van der Waals surface area contributed by atoms with Gasteiger partial charge in [0, 0.05) is 62.0 Å². The third kappa shape index (κ3) is 10.7. The number of aliphatic carboxylic acids is 3. The lowest BCUT2D eigenvalue weighted by Gasteiger charge is -2.33. The lowest BCUT2D eigenvalue weighted by Crippen LogP contribution is -2.42. The van der Waals surface area contributed by atoms with Crippen molar-refractivity contribution in [1.82, 2.24) is 25.0 Å². The quantitative estimate of drug-likeness (QED) is 0.152. The highest BCUT2D eigenvalue weighted by atomic mass is 32.2. The summed E-state index contributed by atoms with van der Waals surface area (Å²) in [5.74, 6) is -2.47. The van der Waals surface area contributed by atoms with Gasteiger partial charge in [0.05, 0.1) is 18.5 Å². The minimum absolute atomic E-state index is 0.494. The maximum atomic E-state index is 10.3. The first-order chi connectivity index (χ1) is 20.5. The molecule has 0 bridgehead atoms. The van der Waals surface area contributed by atoms with Gasteiger partial charge >= 0.3 is 17.9 Å². The van der Waals surface area contributed by atoms with E-state index in [1.54, 1.807) is 11.8 Å². The number of carbonyl (C=O) groups is 3. The van der Waals surface area contributed by atoms with Gasteiger partial charge in [0.25, 0.3) is 0 Å². The van der Waals surface area contributed by atoms with Gasteiger partial charge in [0.2, 0.25) is 0 Å². The van der Waals surface area contributed by atoms with Crippen molar-refractivity contribution in [3.8, 4) is 0 Å². The van der Waals surface area contributed by atoms with E-state index >= 15 is 0 Å². The first kappa shape index (κ1) is 33.6. The summed E-state index contributed by atoms with van der Waals surface area (Å²) in [6.07, 6.45) is 10.0. The number of thioether (sulfide) groups is 1. The maximum absolute atomic E-state index is 10.3. The molecular weight excluding hydrogens is 578 g/mol. The van der Waals surface area contributed by atoms with Crippen molar-refractivity contribution in [3.05, 3.63) is 65.6 Å². The van der Waals surface area contributed by atoms with Crippen LogP contribution >= 0.6 is 11.8 Å². The number of carboxylic acids is 3. The third-order valence-electron chi connectivity index (χ3n) is 6.99. The highest BCUT2D eigenvalue weighted by Crippen LogP contribution is 2.34. The van der Waals surface area contributed by atoms with E-state index < -0.39 is 36.4 Å². The van der Waals surface area contributed by atoms with Gasteiger partial charge in [0.15, 0.2) is 10.8 Å². The van der Waals surface area contributed by atoms with Gasteiger partial charge in [-0.3, -0.25) is 19.5 Å². The topological polar surface area (TPSA) is 200 Å². The Bertz CT molecular complexity index is 1320. The molecule has 3 heterocycles. The van der Waals surface area contributed by atoms with Crippen molar-refractivity contribution < 1.29 is 39.3 Å². The molecule has 3 aromatic heterocycles. The fraction of sp³-hybridized carbons (Fsp3) is 0.483. The second-order valence-electron chi connectivity index (χ2n) is 10.4. The molecule has 232 valence electrons. The highest BCUT2D eigenvalue weighted by molar-refractivity contribution is 7.99. The van der Waals surface area contributed by atoms with Crippen LogP contribution in [0.15, 0.2) is 52.7 Å². The molecule has 0 spiro atoms. The monoisotopic (exact) mass is 615 g/mol. The summed E-state index contributed by atoms with van der Waals surface area (Å²) < 4.78 is 5.53.